The van der Waals surface area contributed by atoms with E-state index in [4.69, 9.17) is 0 Å². The van der Waals surface area contributed by atoms with Gasteiger partial charge in [-0.3, -0.25) is 0 Å². The van der Waals surface area contributed by atoms with E-state index in [0.29, 0.717) is 6.04 Å². The van der Waals surface area contributed by atoms with Gasteiger partial charge in [0.25, 0.3) is 0 Å². The molecule has 0 spiro atoms. The normalized spacial score (nSPS) is 18.2. The summed E-state index contributed by atoms with van der Waals surface area (Å²) in [5.41, 5.74) is 0. The average Bonchev–Trinajstić information content (AvgIpc) is 2.98. The zero-order chi connectivity index (χ0) is 13.6. The van der Waals surface area contributed by atoms with Crippen molar-refractivity contribution in [2.75, 3.05) is 32.9 Å². The van der Waals surface area contributed by atoms with Gasteiger partial charge in [-0.05, 0) is 53.2 Å². The fraction of sp³-hybridized carbons (Fsp3) is 1.00. The van der Waals surface area contributed by atoms with Crippen LogP contribution in [-0.2, 0) is 10.0 Å². The molecule has 0 bridgehead atoms. The Bertz CT molecular complexity index is 326. The predicted molar refractivity (Wildman–Crippen MR) is 75.2 cm³/mol. The number of unbranched alkanes of at least 4 members (excludes halogenated alkanes) is 1. The maximum Gasteiger partial charge on any atom is 0.211 e. The molecule has 5 nitrogen and oxygen atoms in total. The second-order valence-corrected chi connectivity index (χ2v) is 7.41. The third-order valence-corrected chi connectivity index (χ3v) is 4.46. The third-order valence-electron chi connectivity index (χ3n) is 2.87. The summed E-state index contributed by atoms with van der Waals surface area (Å²) >= 11 is 0. The van der Waals surface area contributed by atoms with Crippen molar-refractivity contribution in [2.24, 2.45) is 0 Å². The zero-order valence-corrected chi connectivity index (χ0v) is 12.6. The highest BCUT2D eigenvalue weighted by Crippen LogP contribution is 2.18. The third kappa shape index (κ3) is 8.02. The molecular formula is C12H27N3O2S. The van der Waals surface area contributed by atoms with Crippen molar-refractivity contribution < 1.29 is 8.42 Å². The minimum absolute atomic E-state index is 0.0328. The smallest absolute Gasteiger partial charge is 0.211 e. The minimum atomic E-state index is -3.12. The molecule has 1 aliphatic rings. The van der Waals surface area contributed by atoms with E-state index in [1.807, 2.05) is 25.9 Å². The lowest BCUT2D eigenvalue weighted by Crippen LogP contribution is -2.40. The summed E-state index contributed by atoms with van der Waals surface area (Å²) in [6, 6.07) is 0.675. The molecule has 1 saturated carbocycles. The topological polar surface area (TPSA) is 61.4 Å². The van der Waals surface area contributed by atoms with Gasteiger partial charge in [-0.1, -0.05) is 0 Å². The van der Waals surface area contributed by atoms with Crippen molar-refractivity contribution in [1.82, 2.24) is 14.9 Å². The molecule has 0 saturated heterocycles. The molecule has 1 atom stereocenters. The van der Waals surface area contributed by atoms with Crippen molar-refractivity contribution in [3.05, 3.63) is 0 Å². The van der Waals surface area contributed by atoms with Crippen molar-refractivity contribution in [2.45, 2.75) is 44.7 Å². The second kappa shape index (κ2) is 7.43. The first-order valence-electron chi connectivity index (χ1n) is 6.77. The molecule has 0 radical (unpaired) electrons. The van der Waals surface area contributed by atoms with Gasteiger partial charge >= 0.3 is 0 Å². The minimum Gasteiger partial charge on any atom is -0.314 e. The van der Waals surface area contributed by atoms with Crippen LogP contribution >= 0.6 is 0 Å². The van der Waals surface area contributed by atoms with Crippen LogP contribution in [0.4, 0.5) is 0 Å². The van der Waals surface area contributed by atoms with Crippen LogP contribution in [0.1, 0.15) is 32.6 Å². The van der Waals surface area contributed by atoms with Crippen LogP contribution in [0.5, 0.6) is 0 Å². The van der Waals surface area contributed by atoms with Crippen LogP contribution in [-0.4, -0.2) is 58.3 Å². The predicted octanol–water partition coefficient (Wildman–Crippen LogP) is 0.388. The summed E-state index contributed by atoms with van der Waals surface area (Å²) in [5, 5.41) is 3.39. The highest BCUT2D eigenvalue weighted by molar-refractivity contribution is 7.89. The SMILES string of the molecule is CC(CN(C)C)NS(=O)(=O)CCCCNC1CC1. The molecule has 108 valence electrons. The lowest BCUT2D eigenvalue weighted by Gasteiger charge is -2.18. The van der Waals surface area contributed by atoms with E-state index < -0.39 is 10.0 Å². The monoisotopic (exact) mass is 277 g/mol. The van der Waals surface area contributed by atoms with E-state index in [1.165, 1.54) is 12.8 Å². The summed E-state index contributed by atoms with van der Waals surface area (Å²) in [6.45, 7) is 3.56. The van der Waals surface area contributed by atoms with Crippen molar-refractivity contribution in [1.29, 1.82) is 0 Å². The summed E-state index contributed by atoms with van der Waals surface area (Å²) in [7, 11) is 0.762. The first-order valence-corrected chi connectivity index (χ1v) is 8.42. The Morgan fingerprint density at radius 2 is 1.94 bits per heavy atom. The molecule has 0 heterocycles. The Balaban J connectivity index is 2.09. The number of rotatable bonds is 10. The van der Waals surface area contributed by atoms with Gasteiger partial charge in [0, 0.05) is 18.6 Å². The Kier molecular flexibility index (Phi) is 6.55. The summed E-state index contributed by atoms with van der Waals surface area (Å²) in [4.78, 5) is 1.98. The molecule has 0 aromatic rings. The van der Waals surface area contributed by atoms with Gasteiger partial charge in [0.2, 0.25) is 10.0 Å². The Hall–Kier alpha value is -0.170. The van der Waals surface area contributed by atoms with Gasteiger partial charge in [-0.2, -0.15) is 0 Å². The lowest BCUT2D eigenvalue weighted by molar-refractivity contribution is 0.370. The van der Waals surface area contributed by atoms with E-state index in [1.54, 1.807) is 0 Å². The molecular weight excluding hydrogens is 250 g/mol. The summed E-state index contributed by atoms with van der Waals surface area (Å²) in [5.74, 6) is 0.233. The van der Waals surface area contributed by atoms with E-state index in [0.717, 1.165) is 25.9 Å². The maximum atomic E-state index is 11.8. The molecule has 2 N–H and O–H groups in total. The standard InChI is InChI=1S/C12H27N3O2S/c1-11(10-15(2)3)14-18(16,17)9-5-4-8-13-12-6-7-12/h11-14H,4-10H2,1-3H3. The number of sulfonamides is 1. The molecule has 1 aliphatic carbocycles. The summed E-state index contributed by atoms with van der Waals surface area (Å²) in [6.07, 6.45) is 4.22. The van der Waals surface area contributed by atoms with Gasteiger partial charge in [0.05, 0.1) is 5.75 Å². The zero-order valence-electron chi connectivity index (χ0n) is 11.8. The fourth-order valence-corrected chi connectivity index (χ4v) is 3.35. The van der Waals surface area contributed by atoms with Crippen LogP contribution in [0.3, 0.4) is 0 Å². The van der Waals surface area contributed by atoms with Gasteiger partial charge < -0.3 is 10.2 Å². The van der Waals surface area contributed by atoms with Crippen molar-refractivity contribution in [3.8, 4) is 0 Å². The van der Waals surface area contributed by atoms with Crippen molar-refractivity contribution in [3.63, 3.8) is 0 Å². The highest BCUT2D eigenvalue weighted by atomic mass is 32.2. The molecule has 0 aromatic heterocycles. The van der Waals surface area contributed by atoms with Gasteiger partial charge in [-0.15, -0.1) is 0 Å². The van der Waals surface area contributed by atoms with E-state index in [2.05, 4.69) is 10.0 Å². The van der Waals surface area contributed by atoms with Gasteiger partial charge in [-0.25, -0.2) is 13.1 Å². The Morgan fingerprint density at radius 1 is 1.28 bits per heavy atom. The van der Waals surface area contributed by atoms with Gasteiger partial charge in [0.1, 0.15) is 0 Å². The molecule has 1 fully saturated rings. The first kappa shape index (κ1) is 15.9. The molecule has 18 heavy (non-hydrogen) atoms. The van der Waals surface area contributed by atoms with Crippen LogP contribution in [0.15, 0.2) is 0 Å². The number of hydrogen-bond donors (Lipinski definition) is 2. The van der Waals surface area contributed by atoms with Crippen LogP contribution in [0.2, 0.25) is 0 Å². The largest absolute Gasteiger partial charge is 0.314 e. The molecule has 6 heteroatoms. The highest BCUT2D eigenvalue weighted by Gasteiger charge is 2.19. The maximum absolute atomic E-state index is 11.8. The van der Waals surface area contributed by atoms with Crippen LogP contribution < -0.4 is 10.0 Å². The van der Waals surface area contributed by atoms with Crippen LogP contribution in [0.25, 0.3) is 0 Å². The Morgan fingerprint density at radius 3 is 2.50 bits per heavy atom. The first-order chi connectivity index (χ1) is 8.39. The molecule has 1 unspecified atom stereocenters. The number of likely N-dealkylation sites (N-methyl/N-ethyl adjacent to an activating group) is 1. The fourth-order valence-electron chi connectivity index (χ4n) is 1.96. The number of hydrogen-bond acceptors (Lipinski definition) is 4. The molecule has 0 aromatic carbocycles. The van der Waals surface area contributed by atoms with Crippen molar-refractivity contribution >= 4 is 10.0 Å². The molecule has 1 rings (SSSR count). The lowest BCUT2D eigenvalue weighted by atomic mass is 10.3. The second-order valence-electron chi connectivity index (χ2n) is 5.54. The number of nitrogens with one attached hydrogen (secondary N) is 2. The van der Waals surface area contributed by atoms with E-state index in [9.17, 15) is 8.42 Å². The number of nitrogens with zero attached hydrogens (tertiary/aromatic N) is 1. The average molecular weight is 277 g/mol. The van der Waals surface area contributed by atoms with Gasteiger partial charge in [0.15, 0.2) is 0 Å². The molecule has 0 aliphatic heterocycles. The summed E-state index contributed by atoms with van der Waals surface area (Å²) < 4.78 is 26.3. The van der Waals surface area contributed by atoms with E-state index in [-0.39, 0.29) is 11.8 Å². The quantitative estimate of drug-likeness (QED) is 0.567. The Labute approximate surface area is 111 Å². The van der Waals surface area contributed by atoms with Crippen LogP contribution in [0, 0.1) is 0 Å². The molecule has 0 amide bonds. The van der Waals surface area contributed by atoms with E-state index >= 15 is 0 Å².